The van der Waals surface area contributed by atoms with E-state index in [1.165, 1.54) is 24.5 Å². The topological polar surface area (TPSA) is 116 Å². The first-order valence-electron chi connectivity index (χ1n) is 10.4. The van der Waals surface area contributed by atoms with Crippen molar-refractivity contribution in [3.63, 3.8) is 0 Å². The van der Waals surface area contributed by atoms with E-state index in [1.54, 1.807) is 25.3 Å². The Morgan fingerprint density at radius 3 is 2.41 bits per heavy atom. The number of anilines is 1. The van der Waals surface area contributed by atoms with Crippen molar-refractivity contribution in [2.45, 2.75) is 13.3 Å². The average molecular weight is 481 g/mol. The second-order valence-corrected chi connectivity index (χ2v) is 7.82. The third kappa shape index (κ3) is 6.70. The van der Waals surface area contributed by atoms with Crippen LogP contribution in [0, 0.1) is 11.3 Å². The van der Waals surface area contributed by atoms with E-state index in [0.717, 1.165) is 17.2 Å². The van der Waals surface area contributed by atoms with E-state index in [0.29, 0.717) is 41.2 Å². The van der Waals surface area contributed by atoms with Crippen LogP contribution in [0.4, 0.5) is 5.13 Å². The number of ether oxygens (including phenoxy) is 4. The normalized spacial score (nSPS) is 10.8. The SMILES string of the molecule is CCc1nnc(NC(=O)C(C#N)=Cc2ccc(OCCOc3ccc(OC)cc3)c(OC)c2)s1. The summed E-state index contributed by atoms with van der Waals surface area (Å²) in [7, 11) is 3.12. The molecular formula is C24H24N4O5S. The predicted octanol–water partition coefficient (Wildman–Crippen LogP) is 4.12. The fourth-order valence-corrected chi connectivity index (χ4v) is 3.48. The number of hydrogen-bond donors (Lipinski definition) is 1. The molecule has 3 rings (SSSR count). The highest BCUT2D eigenvalue weighted by Crippen LogP contribution is 2.29. The highest BCUT2D eigenvalue weighted by molar-refractivity contribution is 7.15. The molecule has 3 aromatic rings. The zero-order valence-electron chi connectivity index (χ0n) is 19.0. The van der Waals surface area contributed by atoms with Crippen molar-refractivity contribution in [3.05, 3.63) is 58.6 Å². The molecule has 1 N–H and O–H groups in total. The van der Waals surface area contributed by atoms with Gasteiger partial charge in [-0.25, -0.2) is 0 Å². The molecule has 2 aromatic carbocycles. The Morgan fingerprint density at radius 1 is 1.03 bits per heavy atom. The molecule has 9 nitrogen and oxygen atoms in total. The van der Waals surface area contributed by atoms with Crippen LogP contribution in [0.15, 0.2) is 48.0 Å². The van der Waals surface area contributed by atoms with Crippen LogP contribution in [-0.2, 0) is 11.2 Å². The zero-order chi connectivity index (χ0) is 24.3. The summed E-state index contributed by atoms with van der Waals surface area (Å²) < 4.78 is 21.9. The molecule has 176 valence electrons. The second-order valence-electron chi connectivity index (χ2n) is 6.76. The van der Waals surface area contributed by atoms with E-state index in [4.69, 9.17) is 18.9 Å². The van der Waals surface area contributed by atoms with Crippen LogP contribution in [0.1, 0.15) is 17.5 Å². The highest BCUT2D eigenvalue weighted by Gasteiger charge is 2.13. The van der Waals surface area contributed by atoms with E-state index in [2.05, 4.69) is 15.5 Å². The minimum Gasteiger partial charge on any atom is -0.497 e. The maximum absolute atomic E-state index is 12.5. The summed E-state index contributed by atoms with van der Waals surface area (Å²) in [6, 6.07) is 14.3. The average Bonchev–Trinajstić information content (AvgIpc) is 3.33. The van der Waals surface area contributed by atoms with Crippen LogP contribution >= 0.6 is 11.3 Å². The van der Waals surface area contributed by atoms with Gasteiger partial charge in [-0.2, -0.15) is 5.26 Å². The smallest absolute Gasteiger partial charge is 0.268 e. The van der Waals surface area contributed by atoms with Gasteiger partial charge in [-0.3, -0.25) is 10.1 Å². The molecule has 0 aliphatic carbocycles. The molecule has 34 heavy (non-hydrogen) atoms. The van der Waals surface area contributed by atoms with Gasteiger partial charge in [0.25, 0.3) is 5.91 Å². The summed E-state index contributed by atoms with van der Waals surface area (Å²) in [6.45, 7) is 2.58. The number of carbonyl (C=O) groups excluding carboxylic acids is 1. The molecule has 0 unspecified atom stereocenters. The molecule has 0 bridgehead atoms. The summed E-state index contributed by atoms with van der Waals surface area (Å²) in [4.78, 5) is 12.5. The largest absolute Gasteiger partial charge is 0.497 e. The van der Waals surface area contributed by atoms with Gasteiger partial charge in [0.1, 0.15) is 41.4 Å². The number of amides is 1. The van der Waals surface area contributed by atoms with Gasteiger partial charge in [0.05, 0.1) is 14.2 Å². The minimum absolute atomic E-state index is 0.0724. The molecule has 0 spiro atoms. The number of methoxy groups -OCH3 is 2. The van der Waals surface area contributed by atoms with Crippen LogP contribution in [-0.4, -0.2) is 43.5 Å². The predicted molar refractivity (Wildman–Crippen MR) is 128 cm³/mol. The summed E-state index contributed by atoms with van der Waals surface area (Å²) in [5.74, 6) is 1.88. The van der Waals surface area contributed by atoms with Gasteiger partial charge in [0, 0.05) is 0 Å². The van der Waals surface area contributed by atoms with E-state index in [1.807, 2.05) is 37.3 Å². The van der Waals surface area contributed by atoms with Crippen molar-refractivity contribution < 1.29 is 23.7 Å². The van der Waals surface area contributed by atoms with Gasteiger partial charge < -0.3 is 18.9 Å². The molecule has 0 aliphatic heterocycles. The molecule has 0 fully saturated rings. The van der Waals surface area contributed by atoms with Crippen molar-refractivity contribution in [2.75, 3.05) is 32.8 Å². The monoisotopic (exact) mass is 480 g/mol. The van der Waals surface area contributed by atoms with Crippen molar-refractivity contribution >= 4 is 28.5 Å². The lowest BCUT2D eigenvalue weighted by Gasteiger charge is -2.12. The fraction of sp³-hybridized carbons (Fsp3) is 0.250. The Kier molecular flexibility index (Phi) is 8.82. The molecular weight excluding hydrogens is 456 g/mol. The molecule has 1 heterocycles. The number of hydrogen-bond acceptors (Lipinski definition) is 9. The lowest BCUT2D eigenvalue weighted by Crippen LogP contribution is -2.13. The quantitative estimate of drug-likeness (QED) is 0.248. The number of rotatable bonds is 11. The lowest BCUT2D eigenvalue weighted by molar-refractivity contribution is -0.112. The van der Waals surface area contributed by atoms with Crippen LogP contribution in [0.5, 0.6) is 23.0 Å². The third-order valence-corrected chi connectivity index (χ3v) is 5.51. The maximum atomic E-state index is 12.5. The Morgan fingerprint density at radius 2 is 1.76 bits per heavy atom. The van der Waals surface area contributed by atoms with E-state index >= 15 is 0 Å². The standard InChI is InChI=1S/C24H24N4O5S/c1-4-22-27-28-24(34-22)26-23(29)17(15-25)13-16-5-10-20(21(14-16)31-3)33-12-11-32-19-8-6-18(30-2)7-9-19/h5-10,13-14H,4,11-12H2,1-3H3,(H,26,28,29). The van der Waals surface area contributed by atoms with Gasteiger partial charge in [-0.05, 0) is 54.5 Å². The van der Waals surface area contributed by atoms with Gasteiger partial charge in [-0.1, -0.05) is 24.3 Å². The van der Waals surface area contributed by atoms with Crippen LogP contribution in [0.25, 0.3) is 6.08 Å². The first-order chi connectivity index (χ1) is 16.6. The molecule has 1 amide bonds. The maximum Gasteiger partial charge on any atom is 0.268 e. The van der Waals surface area contributed by atoms with Gasteiger partial charge in [0.15, 0.2) is 11.5 Å². The number of aryl methyl sites for hydroxylation is 1. The first kappa shape index (κ1) is 24.5. The van der Waals surface area contributed by atoms with Crippen molar-refractivity contribution in [2.24, 2.45) is 0 Å². The van der Waals surface area contributed by atoms with E-state index in [-0.39, 0.29) is 5.57 Å². The lowest BCUT2D eigenvalue weighted by atomic mass is 10.1. The van der Waals surface area contributed by atoms with Crippen molar-refractivity contribution in [1.82, 2.24) is 10.2 Å². The van der Waals surface area contributed by atoms with E-state index < -0.39 is 5.91 Å². The molecule has 0 atom stereocenters. The number of nitriles is 1. The first-order valence-corrected chi connectivity index (χ1v) is 11.2. The molecule has 0 saturated heterocycles. The highest BCUT2D eigenvalue weighted by atomic mass is 32.1. The summed E-state index contributed by atoms with van der Waals surface area (Å²) in [5, 5.41) is 21.0. The molecule has 10 heteroatoms. The number of benzene rings is 2. The minimum atomic E-state index is -0.559. The van der Waals surface area contributed by atoms with Crippen LogP contribution in [0.3, 0.4) is 0 Å². The fourth-order valence-electron chi connectivity index (χ4n) is 2.80. The number of carbonyl (C=O) groups is 1. The number of nitrogens with one attached hydrogen (secondary N) is 1. The van der Waals surface area contributed by atoms with Crippen LogP contribution in [0.2, 0.25) is 0 Å². The van der Waals surface area contributed by atoms with Gasteiger partial charge in [-0.15, -0.1) is 10.2 Å². The van der Waals surface area contributed by atoms with Crippen molar-refractivity contribution in [3.8, 4) is 29.1 Å². The molecule has 0 aliphatic rings. The Bertz CT molecular complexity index is 1180. The van der Waals surface area contributed by atoms with Crippen LogP contribution < -0.4 is 24.3 Å². The van der Waals surface area contributed by atoms with Crippen molar-refractivity contribution in [1.29, 1.82) is 5.26 Å². The summed E-state index contributed by atoms with van der Waals surface area (Å²) >= 11 is 1.27. The zero-order valence-corrected chi connectivity index (χ0v) is 19.8. The third-order valence-electron chi connectivity index (χ3n) is 4.52. The Balaban J connectivity index is 1.60. The van der Waals surface area contributed by atoms with E-state index in [9.17, 15) is 10.1 Å². The second kappa shape index (κ2) is 12.2. The molecule has 0 saturated carbocycles. The Labute approximate surface area is 201 Å². The Hall–Kier alpha value is -4.10. The number of nitrogens with zero attached hydrogens (tertiary/aromatic N) is 3. The molecule has 0 radical (unpaired) electrons. The summed E-state index contributed by atoms with van der Waals surface area (Å²) in [5.41, 5.74) is 0.536. The van der Waals surface area contributed by atoms with Gasteiger partial charge >= 0.3 is 0 Å². The molecule has 1 aromatic heterocycles. The number of aromatic nitrogens is 2. The summed E-state index contributed by atoms with van der Waals surface area (Å²) in [6.07, 6.45) is 2.19. The van der Waals surface area contributed by atoms with Gasteiger partial charge in [0.2, 0.25) is 5.13 Å².